The second-order valence-electron chi connectivity index (χ2n) is 5.21. The fourth-order valence-corrected chi connectivity index (χ4v) is 3.02. The highest BCUT2D eigenvalue weighted by Gasteiger charge is 2.28. The summed E-state index contributed by atoms with van der Waals surface area (Å²) in [7, 11) is 1.80. The Morgan fingerprint density at radius 2 is 2.29 bits per heavy atom. The van der Waals surface area contributed by atoms with Gasteiger partial charge in [0.05, 0.1) is 12.5 Å². The molecular weight excluding hydrogens is 286 g/mol. The molecule has 0 bridgehead atoms. The van der Waals surface area contributed by atoms with Crippen LogP contribution in [0.4, 0.5) is 0 Å². The Morgan fingerprint density at radius 1 is 1.48 bits per heavy atom. The Labute approximate surface area is 132 Å². The number of hydrogen-bond acceptors (Lipinski definition) is 4. The molecule has 1 unspecified atom stereocenters. The predicted octanol–water partition coefficient (Wildman–Crippen LogP) is 1.98. The highest BCUT2D eigenvalue weighted by atomic mass is 32.2. The number of carbonyl (C=O) groups excluding carboxylic acids is 1. The molecule has 0 spiro atoms. The second-order valence-corrected chi connectivity index (χ2v) is 6.20. The van der Waals surface area contributed by atoms with Crippen LogP contribution in [0, 0.1) is 5.92 Å². The first-order chi connectivity index (χ1) is 10.2. The van der Waals surface area contributed by atoms with Gasteiger partial charge in [-0.3, -0.25) is 9.79 Å². The lowest BCUT2D eigenvalue weighted by atomic mass is 9.98. The second kappa shape index (κ2) is 10.8. The van der Waals surface area contributed by atoms with Gasteiger partial charge in [0.25, 0.3) is 0 Å². The number of nitrogens with zero attached hydrogens (tertiary/aromatic N) is 2. The van der Waals surface area contributed by atoms with E-state index in [1.807, 2.05) is 18.7 Å². The molecule has 0 aromatic rings. The Hall–Kier alpha value is -0.910. The lowest BCUT2D eigenvalue weighted by Crippen LogP contribution is -2.48. The molecule has 0 aliphatic carbocycles. The van der Waals surface area contributed by atoms with Gasteiger partial charge in [0.2, 0.25) is 0 Å². The molecule has 21 heavy (non-hydrogen) atoms. The maximum absolute atomic E-state index is 11.9. The first-order valence-electron chi connectivity index (χ1n) is 7.84. The summed E-state index contributed by atoms with van der Waals surface area (Å²) in [6.45, 7) is 4.92. The van der Waals surface area contributed by atoms with Gasteiger partial charge < -0.3 is 15.0 Å². The van der Waals surface area contributed by atoms with E-state index in [0.717, 1.165) is 38.3 Å². The number of rotatable bonds is 7. The van der Waals surface area contributed by atoms with Gasteiger partial charge in [-0.1, -0.05) is 0 Å². The minimum atomic E-state index is -0.0716. The summed E-state index contributed by atoms with van der Waals surface area (Å²) in [4.78, 5) is 18.4. The molecule has 5 nitrogen and oxygen atoms in total. The molecule has 1 atom stereocenters. The van der Waals surface area contributed by atoms with E-state index in [0.29, 0.717) is 13.2 Å². The molecule has 0 amide bonds. The molecule has 1 heterocycles. The van der Waals surface area contributed by atoms with Crippen LogP contribution in [0.1, 0.15) is 32.6 Å². The minimum Gasteiger partial charge on any atom is -0.466 e. The van der Waals surface area contributed by atoms with Crippen molar-refractivity contribution in [1.82, 2.24) is 10.2 Å². The van der Waals surface area contributed by atoms with E-state index in [1.54, 1.807) is 7.05 Å². The lowest BCUT2D eigenvalue weighted by Gasteiger charge is -2.33. The van der Waals surface area contributed by atoms with Crippen molar-refractivity contribution in [2.24, 2.45) is 10.9 Å². The molecule has 1 aliphatic heterocycles. The summed E-state index contributed by atoms with van der Waals surface area (Å²) in [6, 6.07) is 0. The van der Waals surface area contributed by atoms with Gasteiger partial charge in [0.1, 0.15) is 0 Å². The number of aliphatic imine (C=N–C) groups is 1. The summed E-state index contributed by atoms with van der Waals surface area (Å²) < 4.78 is 5.14. The van der Waals surface area contributed by atoms with Crippen molar-refractivity contribution in [2.45, 2.75) is 32.6 Å². The number of guanidine groups is 1. The zero-order chi connectivity index (χ0) is 15.5. The maximum Gasteiger partial charge on any atom is 0.310 e. The van der Waals surface area contributed by atoms with E-state index < -0.39 is 0 Å². The van der Waals surface area contributed by atoms with Crippen molar-refractivity contribution in [2.75, 3.05) is 45.3 Å². The zero-order valence-electron chi connectivity index (χ0n) is 13.6. The molecule has 0 radical (unpaired) electrons. The normalized spacial score (nSPS) is 19.5. The smallest absolute Gasteiger partial charge is 0.310 e. The molecule has 122 valence electrons. The van der Waals surface area contributed by atoms with Crippen LogP contribution >= 0.6 is 11.8 Å². The Bertz CT molecular complexity index is 337. The number of nitrogens with one attached hydrogen (secondary N) is 1. The average Bonchev–Trinajstić information content (AvgIpc) is 2.51. The first kappa shape index (κ1) is 18.1. The summed E-state index contributed by atoms with van der Waals surface area (Å²) in [5.41, 5.74) is 0. The van der Waals surface area contributed by atoms with Crippen molar-refractivity contribution >= 4 is 23.7 Å². The van der Waals surface area contributed by atoms with Crippen LogP contribution in [0.3, 0.4) is 0 Å². The molecule has 1 aliphatic rings. The van der Waals surface area contributed by atoms with Gasteiger partial charge in [-0.25, -0.2) is 0 Å². The van der Waals surface area contributed by atoms with Crippen LogP contribution < -0.4 is 5.32 Å². The van der Waals surface area contributed by atoms with Gasteiger partial charge in [-0.05, 0) is 44.6 Å². The third-order valence-corrected chi connectivity index (χ3v) is 4.31. The van der Waals surface area contributed by atoms with E-state index in [2.05, 4.69) is 21.5 Å². The fraction of sp³-hybridized carbons (Fsp3) is 0.867. The molecule has 1 N–H and O–H groups in total. The number of unbranched alkanes of at least 4 members (excludes halogenated alkanes) is 1. The van der Waals surface area contributed by atoms with Crippen molar-refractivity contribution in [1.29, 1.82) is 0 Å². The average molecular weight is 315 g/mol. The van der Waals surface area contributed by atoms with Crippen LogP contribution in [-0.4, -0.2) is 62.1 Å². The minimum absolute atomic E-state index is 0.0197. The van der Waals surface area contributed by atoms with Crippen molar-refractivity contribution in [3.63, 3.8) is 0 Å². The quantitative estimate of drug-likeness (QED) is 0.337. The van der Waals surface area contributed by atoms with Crippen LogP contribution in [0.2, 0.25) is 0 Å². The molecule has 0 aromatic heterocycles. The van der Waals surface area contributed by atoms with E-state index in [-0.39, 0.29) is 11.9 Å². The highest BCUT2D eigenvalue weighted by molar-refractivity contribution is 7.98. The standard InChI is InChI=1S/C15H29N3O2S/c1-4-20-14(19)13-8-7-10-18(12-13)15(16-2)17-9-5-6-11-21-3/h13H,4-12H2,1-3H3,(H,16,17). The van der Waals surface area contributed by atoms with Gasteiger partial charge in [-0.2, -0.15) is 11.8 Å². The van der Waals surface area contributed by atoms with Gasteiger partial charge in [0, 0.05) is 26.7 Å². The summed E-state index contributed by atoms with van der Waals surface area (Å²) >= 11 is 1.88. The van der Waals surface area contributed by atoms with Crippen LogP contribution in [0.5, 0.6) is 0 Å². The van der Waals surface area contributed by atoms with Crippen LogP contribution in [-0.2, 0) is 9.53 Å². The molecule has 0 saturated carbocycles. The lowest BCUT2D eigenvalue weighted by molar-refractivity contribution is -0.149. The third kappa shape index (κ3) is 6.59. The van der Waals surface area contributed by atoms with Gasteiger partial charge in [0.15, 0.2) is 5.96 Å². The number of carbonyl (C=O) groups is 1. The number of piperidine rings is 1. The Morgan fingerprint density at radius 3 is 2.95 bits per heavy atom. The van der Waals surface area contributed by atoms with Crippen LogP contribution in [0.25, 0.3) is 0 Å². The number of ether oxygens (including phenoxy) is 1. The molecule has 1 saturated heterocycles. The molecular formula is C15H29N3O2S. The molecule has 0 aromatic carbocycles. The van der Waals surface area contributed by atoms with E-state index >= 15 is 0 Å². The van der Waals surface area contributed by atoms with Crippen molar-refractivity contribution < 1.29 is 9.53 Å². The van der Waals surface area contributed by atoms with E-state index in [4.69, 9.17) is 4.74 Å². The number of thioether (sulfide) groups is 1. The van der Waals surface area contributed by atoms with Gasteiger partial charge in [-0.15, -0.1) is 0 Å². The van der Waals surface area contributed by atoms with Crippen LogP contribution in [0.15, 0.2) is 4.99 Å². The maximum atomic E-state index is 11.9. The summed E-state index contributed by atoms with van der Waals surface area (Å²) in [6.07, 6.45) is 6.43. The van der Waals surface area contributed by atoms with E-state index in [9.17, 15) is 4.79 Å². The van der Waals surface area contributed by atoms with Crippen molar-refractivity contribution in [3.05, 3.63) is 0 Å². The highest BCUT2D eigenvalue weighted by Crippen LogP contribution is 2.18. The fourth-order valence-electron chi connectivity index (χ4n) is 2.53. The topological polar surface area (TPSA) is 53.9 Å². The predicted molar refractivity (Wildman–Crippen MR) is 89.9 cm³/mol. The summed E-state index contributed by atoms with van der Waals surface area (Å²) in [5, 5.41) is 3.40. The Kier molecular flexibility index (Phi) is 9.30. The largest absolute Gasteiger partial charge is 0.466 e. The summed E-state index contributed by atoms with van der Waals surface area (Å²) in [5.74, 6) is 2.02. The Balaban J connectivity index is 2.39. The van der Waals surface area contributed by atoms with Crippen molar-refractivity contribution in [3.8, 4) is 0 Å². The third-order valence-electron chi connectivity index (χ3n) is 3.61. The van der Waals surface area contributed by atoms with E-state index in [1.165, 1.54) is 12.2 Å². The van der Waals surface area contributed by atoms with Gasteiger partial charge >= 0.3 is 5.97 Å². The molecule has 6 heteroatoms. The molecule has 1 rings (SSSR count). The number of hydrogen-bond donors (Lipinski definition) is 1. The zero-order valence-corrected chi connectivity index (χ0v) is 14.4. The monoisotopic (exact) mass is 315 g/mol. The SMILES string of the molecule is CCOC(=O)C1CCCN(C(=NC)NCCCCSC)C1. The number of esters is 1. The number of likely N-dealkylation sites (tertiary alicyclic amines) is 1. The molecule has 1 fully saturated rings. The first-order valence-corrected chi connectivity index (χ1v) is 9.23.